The van der Waals surface area contributed by atoms with Crippen LogP contribution in [0.4, 0.5) is 0 Å². The quantitative estimate of drug-likeness (QED) is 0.861. The van der Waals surface area contributed by atoms with E-state index in [1.165, 1.54) is 0 Å². The van der Waals surface area contributed by atoms with Gasteiger partial charge in [0.25, 0.3) is 0 Å². The van der Waals surface area contributed by atoms with Crippen molar-refractivity contribution in [3.8, 4) is 11.5 Å². The molecule has 2 N–H and O–H groups in total. The highest BCUT2D eigenvalue weighted by atomic mass is 79.9. The molecule has 2 rings (SSSR count). The monoisotopic (exact) mass is 321 g/mol. The van der Waals surface area contributed by atoms with Crippen molar-refractivity contribution in [3.05, 3.63) is 58.1 Å². The molecule has 4 heteroatoms. The Bertz CT molecular complexity index is 598. The molecule has 2 aromatic carbocycles. The maximum absolute atomic E-state index is 5.83. The SMILES string of the molecule is Cc1cccc(Oc2cccc(Br)c2C(N)=S)c1. The molecule has 0 aliphatic rings. The van der Waals surface area contributed by atoms with Crippen molar-refractivity contribution in [2.45, 2.75) is 6.92 Å². The predicted molar refractivity (Wildman–Crippen MR) is 81.3 cm³/mol. The number of benzene rings is 2. The Morgan fingerprint density at radius 2 is 1.94 bits per heavy atom. The highest BCUT2D eigenvalue weighted by Gasteiger charge is 2.11. The lowest BCUT2D eigenvalue weighted by Gasteiger charge is -2.12. The Balaban J connectivity index is 2.40. The number of nitrogens with two attached hydrogens (primary N) is 1. The molecule has 0 aromatic heterocycles. The van der Waals surface area contributed by atoms with Crippen LogP contribution in [0.2, 0.25) is 0 Å². The van der Waals surface area contributed by atoms with E-state index >= 15 is 0 Å². The van der Waals surface area contributed by atoms with E-state index < -0.39 is 0 Å². The number of ether oxygens (including phenoxy) is 1. The van der Waals surface area contributed by atoms with E-state index in [0.29, 0.717) is 16.3 Å². The summed E-state index contributed by atoms with van der Waals surface area (Å²) in [5.41, 5.74) is 7.58. The van der Waals surface area contributed by atoms with Gasteiger partial charge in [-0.05, 0) is 52.7 Å². The van der Waals surface area contributed by atoms with E-state index in [1.807, 2.05) is 49.4 Å². The fraction of sp³-hybridized carbons (Fsp3) is 0.0714. The summed E-state index contributed by atoms with van der Waals surface area (Å²) >= 11 is 8.47. The maximum Gasteiger partial charge on any atom is 0.138 e. The summed E-state index contributed by atoms with van der Waals surface area (Å²) in [6, 6.07) is 13.4. The summed E-state index contributed by atoms with van der Waals surface area (Å²) in [5.74, 6) is 1.42. The van der Waals surface area contributed by atoms with Gasteiger partial charge in [0, 0.05) is 4.47 Å². The van der Waals surface area contributed by atoms with Gasteiger partial charge in [-0.3, -0.25) is 0 Å². The number of halogens is 1. The van der Waals surface area contributed by atoms with Gasteiger partial charge in [0.2, 0.25) is 0 Å². The molecule has 92 valence electrons. The van der Waals surface area contributed by atoms with Gasteiger partial charge in [0.1, 0.15) is 16.5 Å². The lowest BCUT2D eigenvalue weighted by molar-refractivity contribution is 0.481. The van der Waals surface area contributed by atoms with Crippen molar-refractivity contribution >= 4 is 33.1 Å². The van der Waals surface area contributed by atoms with E-state index in [-0.39, 0.29) is 0 Å². The first-order valence-corrected chi connectivity index (χ1v) is 6.61. The molecule has 0 bridgehead atoms. The minimum absolute atomic E-state index is 0.310. The number of rotatable bonds is 3. The van der Waals surface area contributed by atoms with Crippen LogP contribution in [0.5, 0.6) is 11.5 Å². The Morgan fingerprint density at radius 1 is 1.22 bits per heavy atom. The van der Waals surface area contributed by atoms with Crippen LogP contribution in [0.1, 0.15) is 11.1 Å². The summed E-state index contributed by atoms with van der Waals surface area (Å²) < 4.78 is 6.67. The molecule has 0 fully saturated rings. The fourth-order valence-electron chi connectivity index (χ4n) is 1.63. The molecule has 2 aromatic rings. The van der Waals surface area contributed by atoms with Gasteiger partial charge in [0.05, 0.1) is 5.56 Å². The predicted octanol–water partition coefficient (Wildman–Crippen LogP) is 4.18. The number of hydrogen-bond donors (Lipinski definition) is 1. The first-order chi connectivity index (χ1) is 8.58. The minimum atomic E-state index is 0.310. The van der Waals surface area contributed by atoms with Crippen LogP contribution in [-0.4, -0.2) is 4.99 Å². The molecule has 0 aliphatic carbocycles. The van der Waals surface area contributed by atoms with Gasteiger partial charge >= 0.3 is 0 Å². The highest BCUT2D eigenvalue weighted by molar-refractivity contribution is 9.10. The van der Waals surface area contributed by atoms with Gasteiger partial charge in [-0.2, -0.15) is 0 Å². The van der Waals surface area contributed by atoms with Crippen LogP contribution in [0.25, 0.3) is 0 Å². The molecule has 0 aliphatic heterocycles. The van der Waals surface area contributed by atoms with Crippen molar-refractivity contribution in [3.63, 3.8) is 0 Å². The number of hydrogen-bond acceptors (Lipinski definition) is 2. The first-order valence-electron chi connectivity index (χ1n) is 5.41. The van der Waals surface area contributed by atoms with Crippen LogP contribution in [0.3, 0.4) is 0 Å². The summed E-state index contributed by atoms with van der Waals surface area (Å²) in [6.45, 7) is 2.02. The zero-order valence-corrected chi connectivity index (χ0v) is 12.2. The van der Waals surface area contributed by atoms with Crippen LogP contribution >= 0.6 is 28.1 Å². The number of aryl methyl sites for hydroxylation is 1. The Morgan fingerprint density at radius 3 is 2.61 bits per heavy atom. The summed E-state index contributed by atoms with van der Waals surface area (Å²) in [6.07, 6.45) is 0. The zero-order chi connectivity index (χ0) is 13.1. The van der Waals surface area contributed by atoms with Crippen LogP contribution < -0.4 is 10.5 Å². The smallest absolute Gasteiger partial charge is 0.138 e. The van der Waals surface area contributed by atoms with Gasteiger partial charge in [-0.15, -0.1) is 0 Å². The van der Waals surface area contributed by atoms with Gasteiger partial charge < -0.3 is 10.5 Å². The molecule has 0 saturated heterocycles. The second-order valence-electron chi connectivity index (χ2n) is 3.90. The third-order valence-corrected chi connectivity index (χ3v) is 3.30. The van der Waals surface area contributed by atoms with Crippen molar-refractivity contribution in [1.29, 1.82) is 0 Å². The lowest BCUT2D eigenvalue weighted by Crippen LogP contribution is -2.11. The molecule has 0 amide bonds. The zero-order valence-electron chi connectivity index (χ0n) is 9.81. The molecule has 0 unspecified atom stereocenters. The van der Waals surface area contributed by atoms with Crippen LogP contribution in [-0.2, 0) is 0 Å². The van der Waals surface area contributed by atoms with Crippen LogP contribution in [0.15, 0.2) is 46.9 Å². The highest BCUT2D eigenvalue weighted by Crippen LogP contribution is 2.30. The second-order valence-corrected chi connectivity index (χ2v) is 5.19. The van der Waals surface area contributed by atoms with Crippen molar-refractivity contribution in [2.75, 3.05) is 0 Å². The summed E-state index contributed by atoms with van der Waals surface area (Å²) in [4.78, 5) is 0.310. The third-order valence-electron chi connectivity index (χ3n) is 2.44. The number of thiocarbonyl (C=S) groups is 1. The van der Waals surface area contributed by atoms with E-state index in [1.54, 1.807) is 0 Å². The average Bonchev–Trinajstić information content (AvgIpc) is 2.28. The molecule has 0 spiro atoms. The third kappa shape index (κ3) is 2.89. The molecule has 18 heavy (non-hydrogen) atoms. The maximum atomic E-state index is 5.83. The molecular formula is C14H12BrNOS. The van der Waals surface area contributed by atoms with Gasteiger partial charge in [-0.1, -0.05) is 30.4 Å². The average molecular weight is 322 g/mol. The van der Waals surface area contributed by atoms with E-state index in [4.69, 9.17) is 22.7 Å². The minimum Gasteiger partial charge on any atom is -0.457 e. The largest absolute Gasteiger partial charge is 0.457 e. The van der Waals surface area contributed by atoms with Crippen molar-refractivity contribution in [1.82, 2.24) is 0 Å². The summed E-state index contributed by atoms with van der Waals surface area (Å²) in [5, 5.41) is 0. The molecule has 0 radical (unpaired) electrons. The first kappa shape index (κ1) is 13.1. The molecule has 0 saturated carbocycles. The van der Waals surface area contributed by atoms with Crippen molar-refractivity contribution < 1.29 is 4.74 Å². The molecule has 2 nitrogen and oxygen atoms in total. The Kier molecular flexibility index (Phi) is 3.99. The van der Waals surface area contributed by atoms with Gasteiger partial charge in [0.15, 0.2) is 0 Å². The fourth-order valence-corrected chi connectivity index (χ4v) is 2.54. The normalized spacial score (nSPS) is 10.1. The topological polar surface area (TPSA) is 35.2 Å². The Hall–Kier alpha value is -1.39. The molecule has 0 atom stereocenters. The standard InChI is InChI=1S/C14H12BrNOS/c1-9-4-2-5-10(8-9)17-12-7-3-6-11(15)13(12)14(16)18/h2-8H,1H3,(H2,16,18). The van der Waals surface area contributed by atoms with E-state index in [2.05, 4.69) is 15.9 Å². The van der Waals surface area contributed by atoms with Crippen molar-refractivity contribution in [2.24, 2.45) is 5.73 Å². The Labute approximate surface area is 120 Å². The van der Waals surface area contributed by atoms with Gasteiger partial charge in [-0.25, -0.2) is 0 Å². The van der Waals surface area contributed by atoms with E-state index in [9.17, 15) is 0 Å². The van der Waals surface area contributed by atoms with E-state index in [0.717, 1.165) is 15.8 Å². The van der Waals surface area contributed by atoms with Crippen LogP contribution in [0, 0.1) is 6.92 Å². The summed E-state index contributed by atoms with van der Waals surface area (Å²) in [7, 11) is 0. The second kappa shape index (κ2) is 5.50. The molecular weight excluding hydrogens is 310 g/mol. The molecule has 0 heterocycles. The lowest BCUT2D eigenvalue weighted by atomic mass is 10.2.